The Morgan fingerprint density at radius 2 is 2.05 bits per heavy atom. The molecule has 19 heavy (non-hydrogen) atoms. The van der Waals surface area contributed by atoms with E-state index in [9.17, 15) is 9.59 Å². The summed E-state index contributed by atoms with van der Waals surface area (Å²) in [5.41, 5.74) is 2.04. The molecule has 2 heterocycles. The van der Waals surface area contributed by atoms with Crippen molar-refractivity contribution in [1.82, 2.24) is 9.97 Å². The Morgan fingerprint density at radius 1 is 1.26 bits per heavy atom. The van der Waals surface area contributed by atoms with Gasteiger partial charge in [0.2, 0.25) is 11.9 Å². The fourth-order valence-corrected chi connectivity index (χ4v) is 1.89. The van der Waals surface area contributed by atoms with E-state index in [1.165, 1.54) is 0 Å². The van der Waals surface area contributed by atoms with Crippen molar-refractivity contribution in [3.63, 3.8) is 0 Å². The van der Waals surface area contributed by atoms with E-state index in [2.05, 4.69) is 20.6 Å². The standard InChI is InChI=1S/C13H10N4O2/c18-11-7-8-2-3-9(6-10(8)16-11)12(19)17-13-14-4-1-5-15-13/h1-6H,7H2,(H,16,18)(H,14,15,17,19). The third kappa shape index (κ3) is 2.28. The minimum absolute atomic E-state index is 0.0565. The van der Waals surface area contributed by atoms with E-state index < -0.39 is 0 Å². The van der Waals surface area contributed by atoms with Gasteiger partial charge in [0, 0.05) is 23.6 Å². The summed E-state index contributed by atoms with van der Waals surface area (Å²) in [4.78, 5) is 31.1. The van der Waals surface area contributed by atoms with E-state index >= 15 is 0 Å². The predicted octanol–water partition coefficient (Wildman–Crippen LogP) is 1.22. The van der Waals surface area contributed by atoms with Gasteiger partial charge >= 0.3 is 0 Å². The number of carbonyl (C=O) groups excluding carboxylic acids is 2. The summed E-state index contributed by atoms with van der Waals surface area (Å²) in [6.45, 7) is 0. The molecule has 0 radical (unpaired) electrons. The summed E-state index contributed by atoms with van der Waals surface area (Å²) >= 11 is 0. The van der Waals surface area contributed by atoms with E-state index in [4.69, 9.17) is 0 Å². The minimum atomic E-state index is -0.310. The normalized spacial score (nSPS) is 12.7. The second kappa shape index (κ2) is 4.49. The molecule has 0 saturated carbocycles. The molecule has 3 rings (SSSR count). The molecule has 1 aromatic heterocycles. The summed E-state index contributed by atoms with van der Waals surface area (Å²) in [5, 5.41) is 5.29. The first-order valence-corrected chi connectivity index (χ1v) is 5.73. The Kier molecular flexibility index (Phi) is 2.68. The van der Waals surface area contributed by atoms with Crippen LogP contribution in [0.1, 0.15) is 15.9 Å². The third-order valence-electron chi connectivity index (χ3n) is 2.79. The fourth-order valence-electron chi connectivity index (χ4n) is 1.89. The zero-order valence-corrected chi connectivity index (χ0v) is 9.88. The van der Waals surface area contributed by atoms with Crippen LogP contribution < -0.4 is 10.6 Å². The van der Waals surface area contributed by atoms with Crippen LogP contribution in [-0.4, -0.2) is 21.8 Å². The number of nitrogens with one attached hydrogen (secondary N) is 2. The summed E-state index contributed by atoms with van der Waals surface area (Å²) < 4.78 is 0. The van der Waals surface area contributed by atoms with Gasteiger partial charge in [-0.3, -0.25) is 14.9 Å². The number of rotatable bonds is 2. The summed E-state index contributed by atoms with van der Waals surface area (Å²) in [6, 6.07) is 6.77. The summed E-state index contributed by atoms with van der Waals surface area (Å²) in [7, 11) is 0. The zero-order valence-electron chi connectivity index (χ0n) is 9.88. The summed E-state index contributed by atoms with van der Waals surface area (Å²) in [5.74, 6) is -0.119. The maximum atomic E-state index is 12.0. The van der Waals surface area contributed by atoms with Crippen LogP contribution in [0.4, 0.5) is 11.6 Å². The van der Waals surface area contributed by atoms with Crippen molar-refractivity contribution in [3.05, 3.63) is 47.8 Å². The first-order valence-electron chi connectivity index (χ1n) is 5.73. The number of carbonyl (C=O) groups is 2. The van der Waals surface area contributed by atoms with Gasteiger partial charge in [-0.25, -0.2) is 9.97 Å². The molecular formula is C13H10N4O2. The smallest absolute Gasteiger partial charge is 0.258 e. The van der Waals surface area contributed by atoms with Crippen LogP contribution in [0.15, 0.2) is 36.7 Å². The van der Waals surface area contributed by atoms with Gasteiger partial charge in [0.25, 0.3) is 5.91 Å². The molecule has 2 N–H and O–H groups in total. The fraction of sp³-hybridized carbons (Fsp3) is 0.0769. The number of fused-ring (bicyclic) bond motifs is 1. The molecule has 0 spiro atoms. The van der Waals surface area contributed by atoms with Gasteiger partial charge < -0.3 is 5.32 Å². The minimum Gasteiger partial charge on any atom is -0.326 e. The lowest BCUT2D eigenvalue weighted by molar-refractivity contribution is -0.115. The van der Waals surface area contributed by atoms with E-state index in [1.54, 1.807) is 36.7 Å². The van der Waals surface area contributed by atoms with Gasteiger partial charge in [0.05, 0.1) is 6.42 Å². The van der Waals surface area contributed by atoms with Gasteiger partial charge in [-0.05, 0) is 23.8 Å². The molecule has 0 unspecified atom stereocenters. The Labute approximate surface area is 108 Å². The van der Waals surface area contributed by atoms with Crippen LogP contribution in [0.5, 0.6) is 0 Å². The average Bonchev–Trinajstić information content (AvgIpc) is 2.78. The lowest BCUT2D eigenvalue weighted by atomic mass is 10.1. The van der Waals surface area contributed by atoms with Crippen molar-refractivity contribution in [2.45, 2.75) is 6.42 Å². The van der Waals surface area contributed by atoms with E-state index in [0.29, 0.717) is 17.7 Å². The van der Waals surface area contributed by atoms with E-state index in [0.717, 1.165) is 5.56 Å². The highest BCUT2D eigenvalue weighted by atomic mass is 16.2. The van der Waals surface area contributed by atoms with Crippen molar-refractivity contribution in [1.29, 1.82) is 0 Å². The van der Waals surface area contributed by atoms with Crippen molar-refractivity contribution < 1.29 is 9.59 Å². The lowest BCUT2D eigenvalue weighted by Gasteiger charge is -2.05. The molecular weight excluding hydrogens is 244 g/mol. The lowest BCUT2D eigenvalue weighted by Crippen LogP contribution is -2.14. The molecule has 1 aliphatic rings. The third-order valence-corrected chi connectivity index (χ3v) is 2.79. The van der Waals surface area contributed by atoms with Gasteiger partial charge in [-0.1, -0.05) is 6.07 Å². The number of hydrogen-bond donors (Lipinski definition) is 2. The number of amides is 2. The molecule has 0 atom stereocenters. The largest absolute Gasteiger partial charge is 0.326 e. The average molecular weight is 254 g/mol. The van der Waals surface area contributed by atoms with Crippen LogP contribution in [0.3, 0.4) is 0 Å². The highest BCUT2D eigenvalue weighted by Gasteiger charge is 2.19. The topological polar surface area (TPSA) is 84.0 Å². The first kappa shape index (κ1) is 11.3. The Morgan fingerprint density at radius 3 is 2.84 bits per heavy atom. The van der Waals surface area contributed by atoms with Crippen LogP contribution in [0.2, 0.25) is 0 Å². The van der Waals surface area contributed by atoms with Crippen LogP contribution in [0, 0.1) is 0 Å². The van der Waals surface area contributed by atoms with Gasteiger partial charge in [-0.15, -0.1) is 0 Å². The van der Waals surface area contributed by atoms with Crippen molar-refractivity contribution in [2.75, 3.05) is 10.6 Å². The van der Waals surface area contributed by atoms with Crippen LogP contribution >= 0.6 is 0 Å². The maximum Gasteiger partial charge on any atom is 0.258 e. The number of nitrogens with zero attached hydrogens (tertiary/aromatic N) is 2. The van der Waals surface area contributed by atoms with Crippen molar-refractivity contribution >= 4 is 23.5 Å². The molecule has 1 aromatic carbocycles. The molecule has 2 aromatic rings. The molecule has 6 heteroatoms. The number of aromatic nitrogens is 2. The zero-order chi connectivity index (χ0) is 13.2. The van der Waals surface area contributed by atoms with Crippen molar-refractivity contribution in [2.24, 2.45) is 0 Å². The highest BCUT2D eigenvalue weighted by molar-refractivity contribution is 6.06. The highest BCUT2D eigenvalue weighted by Crippen LogP contribution is 2.24. The first-order chi connectivity index (χ1) is 9.22. The monoisotopic (exact) mass is 254 g/mol. The Bertz CT molecular complexity index is 655. The maximum absolute atomic E-state index is 12.0. The molecule has 6 nitrogen and oxygen atoms in total. The Balaban J connectivity index is 1.82. The second-order valence-electron chi connectivity index (χ2n) is 4.12. The van der Waals surface area contributed by atoms with E-state index in [1.807, 2.05) is 0 Å². The number of anilines is 2. The second-order valence-corrected chi connectivity index (χ2v) is 4.12. The molecule has 0 saturated heterocycles. The number of hydrogen-bond acceptors (Lipinski definition) is 4. The van der Waals surface area contributed by atoms with Gasteiger partial charge in [0.1, 0.15) is 0 Å². The Hall–Kier alpha value is -2.76. The van der Waals surface area contributed by atoms with Crippen LogP contribution in [0.25, 0.3) is 0 Å². The van der Waals surface area contributed by atoms with Gasteiger partial charge in [0.15, 0.2) is 0 Å². The molecule has 0 bridgehead atoms. The van der Waals surface area contributed by atoms with Crippen LogP contribution in [-0.2, 0) is 11.2 Å². The van der Waals surface area contributed by atoms with Crippen molar-refractivity contribution in [3.8, 4) is 0 Å². The number of benzene rings is 1. The van der Waals surface area contributed by atoms with E-state index in [-0.39, 0.29) is 17.8 Å². The molecule has 0 fully saturated rings. The molecule has 94 valence electrons. The quantitative estimate of drug-likeness (QED) is 0.844. The molecule has 0 aliphatic carbocycles. The molecule has 1 aliphatic heterocycles. The molecule has 2 amide bonds. The summed E-state index contributed by atoms with van der Waals surface area (Å²) in [6.07, 6.45) is 3.45. The van der Waals surface area contributed by atoms with Gasteiger partial charge in [-0.2, -0.15) is 0 Å². The SMILES string of the molecule is O=C1Cc2ccc(C(=O)Nc3ncccn3)cc2N1. The predicted molar refractivity (Wildman–Crippen MR) is 68.8 cm³/mol.